The van der Waals surface area contributed by atoms with E-state index in [1.54, 1.807) is 28.5 Å². The Morgan fingerprint density at radius 1 is 1.17 bits per heavy atom. The second kappa shape index (κ2) is 7.62. The number of hydrogen-bond donors (Lipinski definition) is 0. The summed E-state index contributed by atoms with van der Waals surface area (Å²) in [5.74, 6) is 1.12. The van der Waals surface area contributed by atoms with Crippen molar-refractivity contribution >= 4 is 27.3 Å². The lowest BCUT2D eigenvalue weighted by molar-refractivity contribution is -0.134. The van der Waals surface area contributed by atoms with Crippen LogP contribution in [0.4, 0.5) is 0 Å². The molecule has 0 bridgehead atoms. The number of para-hydroxylation sites is 1. The van der Waals surface area contributed by atoms with Crippen molar-refractivity contribution in [2.75, 3.05) is 32.8 Å². The number of fused-ring (bicyclic) bond motifs is 1. The lowest BCUT2D eigenvalue weighted by Gasteiger charge is -2.33. The van der Waals surface area contributed by atoms with Gasteiger partial charge in [-0.15, -0.1) is 11.3 Å². The Morgan fingerprint density at radius 3 is 2.62 bits per heavy atom. The molecule has 1 amide bonds. The maximum atomic E-state index is 12.6. The Bertz CT molecular complexity index is 994. The van der Waals surface area contributed by atoms with Crippen molar-refractivity contribution in [2.45, 2.75) is 30.1 Å². The molecule has 4 rings (SSSR count). The van der Waals surface area contributed by atoms with Crippen LogP contribution in [0.15, 0.2) is 39.9 Å². The van der Waals surface area contributed by atoms with E-state index in [1.165, 1.54) is 15.6 Å². The molecule has 0 atom stereocenters. The summed E-state index contributed by atoms with van der Waals surface area (Å²) in [7, 11) is -3.47. The van der Waals surface area contributed by atoms with Gasteiger partial charge in [0.15, 0.2) is 18.1 Å². The molecule has 0 radical (unpaired) electrons. The predicted molar refractivity (Wildman–Crippen MR) is 110 cm³/mol. The Hall–Kier alpha value is -2.10. The lowest BCUT2D eigenvalue weighted by Crippen LogP contribution is -2.51. The number of ether oxygens (including phenoxy) is 2. The van der Waals surface area contributed by atoms with Gasteiger partial charge in [-0.2, -0.15) is 4.31 Å². The van der Waals surface area contributed by atoms with E-state index in [2.05, 4.69) is 0 Å². The minimum atomic E-state index is -3.47. The van der Waals surface area contributed by atoms with E-state index in [0.717, 1.165) is 12.0 Å². The smallest absolute Gasteiger partial charge is 0.260 e. The summed E-state index contributed by atoms with van der Waals surface area (Å²) in [6, 6.07) is 9.04. The van der Waals surface area contributed by atoms with Crippen LogP contribution < -0.4 is 9.47 Å². The van der Waals surface area contributed by atoms with Crippen molar-refractivity contribution < 1.29 is 22.7 Å². The third-order valence-electron chi connectivity index (χ3n) is 5.09. The minimum Gasteiger partial charge on any atom is -0.483 e. The van der Waals surface area contributed by atoms with Gasteiger partial charge in [0.25, 0.3) is 15.9 Å². The van der Waals surface area contributed by atoms with Crippen LogP contribution in [-0.2, 0) is 21.2 Å². The summed E-state index contributed by atoms with van der Waals surface area (Å²) >= 11 is 1.20. The zero-order valence-corrected chi connectivity index (χ0v) is 18.1. The van der Waals surface area contributed by atoms with E-state index in [-0.39, 0.29) is 31.2 Å². The van der Waals surface area contributed by atoms with Gasteiger partial charge in [0.2, 0.25) is 0 Å². The number of nitrogens with zero attached hydrogens (tertiary/aromatic N) is 2. The van der Waals surface area contributed by atoms with Crippen LogP contribution in [0.2, 0.25) is 0 Å². The topological polar surface area (TPSA) is 76.2 Å². The number of carbonyl (C=O) groups excluding carboxylic acids is 1. The van der Waals surface area contributed by atoms with E-state index in [4.69, 9.17) is 9.47 Å². The molecule has 7 nitrogen and oxygen atoms in total. The molecule has 1 aromatic heterocycles. The number of amides is 1. The Labute approximate surface area is 174 Å². The molecule has 0 spiro atoms. The first kappa shape index (κ1) is 20.2. The fourth-order valence-corrected chi connectivity index (χ4v) is 6.21. The number of hydrogen-bond acceptors (Lipinski definition) is 6. The van der Waals surface area contributed by atoms with Gasteiger partial charge >= 0.3 is 0 Å². The quantitative estimate of drug-likeness (QED) is 0.719. The zero-order chi connectivity index (χ0) is 20.6. The maximum absolute atomic E-state index is 12.6. The summed E-state index contributed by atoms with van der Waals surface area (Å²) < 4.78 is 38.7. The van der Waals surface area contributed by atoms with Crippen molar-refractivity contribution in [2.24, 2.45) is 0 Å². The van der Waals surface area contributed by atoms with Crippen molar-refractivity contribution in [3.05, 3.63) is 41.3 Å². The minimum absolute atomic E-state index is 0.0993. The molecule has 1 saturated heterocycles. The largest absolute Gasteiger partial charge is 0.483 e. The van der Waals surface area contributed by atoms with Crippen LogP contribution in [0.3, 0.4) is 0 Å². The van der Waals surface area contributed by atoms with E-state index in [0.29, 0.717) is 28.8 Å². The molecule has 0 saturated carbocycles. The summed E-state index contributed by atoms with van der Waals surface area (Å²) in [6.45, 7) is 5.20. The van der Waals surface area contributed by atoms with E-state index in [1.807, 2.05) is 26.0 Å². The van der Waals surface area contributed by atoms with Crippen LogP contribution in [0, 0.1) is 0 Å². The average molecular weight is 437 g/mol. The summed E-state index contributed by atoms with van der Waals surface area (Å²) in [5, 5.41) is 1.75. The molecular formula is C20H24N2O5S2. The molecule has 0 aliphatic carbocycles. The number of rotatable bonds is 5. The fraction of sp³-hybridized carbons (Fsp3) is 0.450. The highest BCUT2D eigenvalue weighted by molar-refractivity contribution is 7.91. The highest BCUT2D eigenvalue weighted by Crippen LogP contribution is 2.41. The molecule has 0 N–H and O–H groups in total. The third-order valence-corrected chi connectivity index (χ3v) is 8.36. The van der Waals surface area contributed by atoms with Gasteiger partial charge in [-0.1, -0.05) is 18.2 Å². The van der Waals surface area contributed by atoms with E-state index < -0.39 is 10.0 Å². The average Bonchev–Trinajstić information content (AvgIpc) is 3.33. The van der Waals surface area contributed by atoms with Gasteiger partial charge in [0.1, 0.15) is 9.81 Å². The predicted octanol–water partition coefficient (Wildman–Crippen LogP) is 2.37. The van der Waals surface area contributed by atoms with Crippen LogP contribution in [0.1, 0.15) is 19.4 Å². The molecule has 2 aliphatic rings. The summed E-state index contributed by atoms with van der Waals surface area (Å²) in [6.07, 6.45) is 0.800. The molecule has 2 aromatic rings. The van der Waals surface area contributed by atoms with Crippen LogP contribution in [0.25, 0.3) is 0 Å². The number of piperazine rings is 1. The van der Waals surface area contributed by atoms with Crippen LogP contribution in [0.5, 0.6) is 11.5 Å². The number of carbonyl (C=O) groups is 1. The Balaban J connectivity index is 1.33. The highest BCUT2D eigenvalue weighted by Gasteiger charge is 2.33. The van der Waals surface area contributed by atoms with Gasteiger partial charge in [-0.3, -0.25) is 4.79 Å². The van der Waals surface area contributed by atoms with Gasteiger partial charge in [-0.05, 0) is 31.4 Å². The van der Waals surface area contributed by atoms with Crippen molar-refractivity contribution in [1.29, 1.82) is 0 Å². The highest BCUT2D eigenvalue weighted by atomic mass is 32.2. The van der Waals surface area contributed by atoms with Gasteiger partial charge in [0, 0.05) is 38.2 Å². The lowest BCUT2D eigenvalue weighted by atomic mass is 10.0. The molecule has 1 aromatic carbocycles. The Kier molecular flexibility index (Phi) is 5.30. The van der Waals surface area contributed by atoms with Crippen LogP contribution in [-0.4, -0.2) is 61.9 Å². The third kappa shape index (κ3) is 4.12. The Morgan fingerprint density at radius 2 is 1.93 bits per heavy atom. The summed E-state index contributed by atoms with van der Waals surface area (Å²) in [4.78, 5) is 14.2. The second-order valence-electron chi connectivity index (χ2n) is 7.79. The first-order valence-corrected chi connectivity index (χ1v) is 11.8. The monoisotopic (exact) mass is 436 g/mol. The molecule has 0 unspecified atom stereocenters. The normalized spacial score (nSPS) is 18.9. The van der Waals surface area contributed by atoms with Gasteiger partial charge < -0.3 is 14.4 Å². The standard InChI is InChI=1S/C20H24N2O5S2/c1-20(2)13-15-5-3-6-16(19(15)27-20)26-14-17(23)21-8-10-22(11-9-21)29(24,25)18-7-4-12-28-18/h3-7,12H,8-11,13-14H2,1-2H3. The number of thiophene rings is 1. The molecule has 1 fully saturated rings. The number of sulfonamides is 1. The zero-order valence-electron chi connectivity index (χ0n) is 16.5. The molecule has 2 aliphatic heterocycles. The first-order chi connectivity index (χ1) is 13.8. The molecular weight excluding hydrogens is 412 g/mol. The van der Waals surface area contributed by atoms with Crippen molar-refractivity contribution in [3.8, 4) is 11.5 Å². The molecule has 156 valence electrons. The summed E-state index contributed by atoms with van der Waals surface area (Å²) in [5.41, 5.74) is 0.795. The van der Waals surface area contributed by atoms with Crippen molar-refractivity contribution in [3.63, 3.8) is 0 Å². The van der Waals surface area contributed by atoms with Crippen molar-refractivity contribution in [1.82, 2.24) is 9.21 Å². The van der Waals surface area contributed by atoms with Gasteiger partial charge in [-0.25, -0.2) is 8.42 Å². The molecule has 9 heteroatoms. The fourth-order valence-electron chi connectivity index (χ4n) is 3.65. The van der Waals surface area contributed by atoms with Crippen LogP contribution >= 0.6 is 11.3 Å². The SMILES string of the molecule is CC1(C)Cc2cccc(OCC(=O)N3CCN(S(=O)(=O)c4cccs4)CC3)c2O1. The van der Waals surface area contributed by atoms with E-state index in [9.17, 15) is 13.2 Å². The second-order valence-corrected chi connectivity index (χ2v) is 10.9. The molecule has 29 heavy (non-hydrogen) atoms. The number of benzene rings is 1. The molecule has 3 heterocycles. The maximum Gasteiger partial charge on any atom is 0.260 e. The van der Waals surface area contributed by atoms with Gasteiger partial charge in [0.05, 0.1) is 0 Å². The first-order valence-electron chi connectivity index (χ1n) is 9.51. The van der Waals surface area contributed by atoms with E-state index >= 15 is 0 Å².